The fourth-order valence-electron chi connectivity index (χ4n) is 2.41. The lowest BCUT2D eigenvalue weighted by Gasteiger charge is -2.04. The van der Waals surface area contributed by atoms with Crippen LogP contribution in [0.4, 0.5) is 5.82 Å². The summed E-state index contributed by atoms with van der Waals surface area (Å²) in [5, 5.41) is 4.91. The molecule has 0 saturated heterocycles. The predicted molar refractivity (Wildman–Crippen MR) is 72.3 cm³/mol. The summed E-state index contributed by atoms with van der Waals surface area (Å²) < 4.78 is 7.37. The van der Waals surface area contributed by atoms with Crippen LogP contribution in [0.3, 0.4) is 0 Å². The number of rotatable bonds is 1. The van der Waals surface area contributed by atoms with Crippen molar-refractivity contribution in [1.29, 1.82) is 0 Å². The quantitative estimate of drug-likeness (QED) is 0.712. The maximum atomic E-state index is 5.61. The van der Waals surface area contributed by atoms with E-state index in [4.69, 9.17) is 10.3 Å². The van der Waals surface area contributed by atoms with Gasteiger partial charge < -0.3 is 14.8 Å². The number of benzene rings is 1. The van der Waals surface area contributed by atoms with Gasteiger partial charge in [-0.25, -0.2) is 0 Å². The molecule has 0 spiro atoms. The molecule has 0 radical (unpaired) electrons. The van der Waals surface area contributed by atoms with E-state index in [1.54, 1.807) is 6.07 Å². The first-order valence-corrected chi connectivity index (χ1v) is 5.85. The van der Waals surface area contributed by atoms with Gasteiger partial charge in [0.05, 0.1) is 5.52 Å². The molecule has 0 aliphatic heterocycles. The minimum Gasteiger partial charge on any atom is -0.381 e. The monoisotopic (exact) mass is 241 g/mol. The summed E-state index contributed by atoms with van der Waals surface area (Å²) in [4.78, 5) is 0. The van der Waals surface area contributed by atoms with E-state index >= 15 is 0 Å². The van der Waals surface area contributed by atoms with Crippen molar-refractivity contribution >= 4 is 16.7 Å². The number of nitrogen functional groups attached to an aromatic ring is 1. The maximum Gasteiger partial charge on any atom is 0.171 e. The Labute approximate surface area is 105 Å². The van der Waals surface area contributed by atoms with Crippen molar-refractivity contribution in [3.8, 4) is 11.3 Å². The first kappa shape index (κ1) is 10.9. The lowest BCUT2D eigenvalue weighted by molar-refractivity contribution is 0.436. The highest BCUT2D eigenvalue weighted by Gasteiger charge is 2.14. The summed E-state index contributed by atoms with van der Waals surface area (Å²) in [7, 11) is 2.04. The molecule has 2 heterocycles. The minimum absolute atomic E-state index is 0.408. The molecule has 0 aliphatic rings. The van der Waals surface area contributed by atoms with Crippen molar-refractivity contribution in [3.05, 3.63) is 35.5 Å². The van der Waals surface area contributed by atoms with E-state index in [2.05, 4.69) is 41.9 Å². The van der Waals surface area contributed by atoms with Gasteiger partial charge in [0.1, 0.15) is 0 Å². The molecule has 0 atom stereocenters. The molecule has 0 bridgehead atoms. The largest absolute Gasteiger partial charge is 0.381 e. The molecule has 0 fully saturated rings. The third-order valence-electron chi connectivity index (χ3n) is 3.46. The molecule has 2 N–H and O–H groups in total. The third-order valence-corrected chi connectivity index (χ3v) is 3.46. The second-order valence-corrected chi connectivity index (χ2v) is 4.67. The van der Waals surface area contributed by atoms with Gasteiger partial charge in [-0.15, -0.1) is 0 Å². The Kier molecular flexibility index (Phi) is 2.20. The Morgan fingerprint density at radius 2 is 2.06 bits per heavy atom. The number of nitrogens with two attached hydrogens (primary N) is 1. The Bertz CT molecular complexity index is 737. The van der Waals surface area contributed by atoms with Gasteiger partial charge in [0.2, 0.25) is 0 Å². The Hall–Kier alpha value is -2.23. The van der Waals surface area contributed by atoms with Gasteiger partial charge in [0.15, 0.2) is 11.6 Å². The van der Waals surface area contributed by atoms with Crippen LogP contribution in [0, 0.1) is 13.8 Å². The van der Waals surface area contributed by atoms with Crippen molar-refractivity contribution in [1.82, 2.24) is 9.72 Å². The molecule has 4 nitrogen and oxygen atoms in total. The van der Waals surface area contributed by atoms with Crippen LogP contribution >= 0.6 is 0 Å². The van der Waals surface area contributed by atoms with Gasteiger partial charge in [-0.2, -0.15) is 0 Å². The van der Waals surface area contributed by atoms with Crippen molar-refractivity contribution in [2.24, 2.45) is 7.05 Å². The van der Waals surface area contributed by atoms with Crippen LogP contribution in [0.15, 0.2) is 28.9 Å². The van der Waals surface area contributed by atoms with E-state index in [1.165, 1.54) is 16.6 Å². The maximum absolute atomic E-state index is 5.61. The van der Waals surface area contributed by atoms with Gasteiger partial charge in [-0.05, 0) is 25.0 Å². The topological polar surface area (TPSA) is 57.0 Å². The summed E-state index contributed by atoms with van der Waals surface area (Å²) >= 11 is 0. The molecule has 1 aromatic carbocycles. The smallest absolute Gasteiger partial charge is 0.171 e. The second-order valence-electron chi connectivity index (χ2n) is 4.67. The van der Waals surface area contributed by atoms with Crippen LogP contribution in [0.1, 0.15) is 11.1 Å². The van der Waals surface area contributed by atoms with Crippen molar-refractivity contribution < 1.29 is 4.52 Å². The number of fused-ring (bicyclic) bond motifs is 1. The summed E-state index contributed by atoms with van der Waals surface area (Å²) in [6.07, 6.45) is 2.05. The molecule has 0 aliphatic carbocycles. The SMILES string of the molecule is Cc1ccc2c(-c3cc(N)no3)cn(C)c2c1C. The Morgan fingerprint density at radius 3 is 2.72 bits per heavy atom. The minimum atomic E-state index is 0.408. The molecule has 18 heavy (non-hydrogen) atoms. The summed E-state index contributed by atoms with van der Waals surface area (Å²) in [6.45, 7) is 4.25. The lowest BCUT2D eigenvalue weighted by Crippen LogP contribution is -1.89. The van der Waals surface area contributed by atoms with Crippen LogP contribution in [0.2, 0.25) is 0 Å². The van der Waals surface area contributed by atoms with Crippen LogP contribution in [0.25, 0.3) is 22.2 Å². The first-order valence-electron chi connectivity index (χ1n) is 5.85. The molecule has 3 rings (SSSR count). The number of aromatic nitrogens is 2. The van der Waals surface area contributed by atoms with E-state index in [-0.39, 0.29) is 0 Å². The molecular weight excluding hydrogens is 226 g/mol. The third kappa shape index (κ3) is 1.42. The standard InChI is InChI=1S/C14H15N3O/c1-8-4-5-10-11(12-6-13(15)16-18-12)7-17(3)14(10)9(8)2/h4-7H,1-3H3,(H2,15,16). The highest BCUT2D eigenvalue weighted by Crippen LogP contribution is 2.33. The molecule has 0 unspecified atom stereocenters. The number of hydrogen-bond donors (Lipinski definition) is 1. The van der Waals surface area contributed by atoms with E-state index in [9.17, 15) is 0 Å². The zero-order chi connectivity index (χ0) is 12.9. The lowest BCUT2D eigenvalue weighted by atomic mass is 10.0. The Balaban J connectivity index is 2.36. The van der Waals surface area contributed by atoms with Gasteiger partial charge in [-0.1, -0.05) is 17.3 Å². The molecule has 0 saturated carbocycles. The van der Waals surface area contributed by atoms with E-state index < -0.39 is 0 Å². The van der Waals surface area contributed by atoms with E-state index in [0.717, 1.165) is 10.9 Å². The first-order chi connectivity index (χ1) is 8.58. The summed E-state index contributed by atoms with van der Waals surface area (Å²) in [5.74, 6) is 1.12. The van der Waals surface area contributed by atoms with Crippen LogP contribution < -0.4 is 5.73 Å². The fourth-order valence-corrected chi connectivity index (χ4v) is 2.41. The molecule has 2 aromatic heterocycles. The van der Waals surface area contributed by atoms with Crippen LogP contribution in [-0.4, -0.2) is 9.72 Å². The normalized spacial score (nSPS) is 11.3. The highest BCUT2D eigenvalue weighted by atomic mass is 16.5. The highest BCUT2D eigenvalue weighted by molar-refractivity contribution is 5.97. The fraction of sp³-hybridized carbons (Fsp3) is 0.214. The van der Waals surface area contributed by atoms with Crippen LogP contribution in [0.5, 0.6) is 0 Å². The second kappa shape index (κ2) is 3.63. The molecule has 4 heteroatoms. The average molecular weight is 241 g/mol. The number of anilines is 1. The number of hydrogen-bond acceptors (Lipinski definition) is 3. The van der Waals surface area contributed by atoms with Gasteiger partial charge >= 0.3 is 0 Å². The average Bonchev–Trinajstić information content (AvgIpc) is 2.88. The number of nitrogens with zero attached hydrogens (tertiary/aromatic N) is 2. The molecule has 92 valence electrons. The van der Waals surface area contributed by atoms with Gasteiger partial charge in [-0.3, -0.25) is 0 Å². The predicted octanol–water partition coefficient (Wildman–Crippen LogP) is 3.03. The summed E-state index contributed by atoms with van der Waals surface area (Å²) in [6, 6.07) is 6.00. The molecule has 3 aromatic rings. The zero-order valence-corrected chi connectivity index (χ0v) is 10.7. The molecular formula is C14H15N3O. The van der Waals surface area contributed by atoms with E-state index in [1.807, 2.05) is 7.05 Å². The Morgan fingerprint density at radius 1 is 1.28 bits per heavy atom. The zero-order valence-electron chi connectivity index (χ0n) is 10.7. The number of aryl methyl sites for hydroxylation is 3. The van der Waals surface area contributed by atoms with Crippen molar-refractivity contribution in [2.45, 2.75) is 13.8 Å². The summed E-state index contributed by atoms with van der Waals surface area (Å²) in [5.41, 5.74) is 10.4. The van der Waals surface area contributed by atoms with Crippen LogP contribution in [-0.2, 0) is 7.05 Å². The molecule has 0 amide bonds. The van der Waals surface area contributed by atoms with Crippen molar-refractivity contribution in [2.75, 3.05) is 5.73 Å². The van der Waals surface area contributed by atoms with Crippen molar-refractivity contribution in [3.63, 3.8) is 0 Å². The van der Waals surface area contributed by atoms with Gasteiger partial charge in [0, 0.05) is 30.3 Å². The van der Waals surface area contributed by atoms with E-state index in [0.29, 0.717) is 11.6 Å². The van der Waals surface area contributed by atoms with Gasteiger partial charge in [0.25, 0.3) is 0 Å².